The van der Waals surface area contributed by atoms with Crippen LogP contribution in [0.2, 0.25) is 5.02 Å². The number of halogens is 1. The second kappa shape index (κ2) is 9.59. The number of hydrogen-bond acceptors (Lipinski definition) is 7. The Morgan fingerprint density at radius 3 is 2.50 bits per heavy atom. The van der Waals surface area contributed by atoms with Gasteiger partial charge in [0.05, 0.1) is 22.6 Å². The number of carbonyl (C=O) groups is 2. The van der Waals surface area contributed by atoms with Crippen LogP contribution in [0.4, 0.5) is 11.4 Å². The maximum atomic E-state index is 12.4. The van der Waals surface area contributed by atoms with E-state index in [9.17, 15) is 25.0 Å². The van der Waals surface area contributed by atoms with E-state index < -0.39 is 16.8 Å². The zero-order chi connectivity index (χ0) is 23.3. The minimum atomic E-state index is -0.676. The summed E-state index contributed by atoms with van der Waals surface area (Å²) in [6.45, 7) is 0. The summed E-state index contributed by atoms with van der Waals surface area (Å²) in [6.07, 6.45) is 1.25. The average molecular weight is 452 g/mol. The Balaban J connectivity index is 1.78. The first-order valence-corrected chi connectivity index (χ1v) is 9.36. The topological polar surface area (TPSA) is 135 Å². The SMILES string of the molecule is COC(=O)c1ccc(NC(=O)/C(C#N)=C/c2ccc(-c3ccc([N+](=O)[O-])cc3Cl)o2)cc1. The molecule has 0 aliphatic carbocycles. The summed E-state index contributed by atoms with van der Waals surface area (Å²) < 4.78 is 10.2. The largest absolute Gasteiger partial charge is 0.465 e. The number of methoxy groups -OCH3 is 1. The lowest BCUT2D eigenvalue weighted by molar-refractivity contribution is -0.384. The molecule has 0 unspecified atom stereocenters. The van der Waals surface area contributed by atoms with Gasteiger partial charge in [0, 0.05) is 29.5 Å². The number of nitro benzene ring substituents is 1. The molecule has 1 N–H and O–H groups in total. The number of nitro groups is 1. The normalized spacial score (nSPS) is 10.8. The van der Waals surface area contributed by atoms with Crippen molar-refractivity contribution in [3.63, 3.8) is 0 Å². The molecule has 2 aromatic carbocycles. The summed E-state index contributed by atoms with van der Waals surface area (Å²) in [5.41, 5.74) is 0.730. The molecule has 0 saturated carbocycles. The molecule has 1 amide bonds. The van der Waals surface area contributed by atoms with E-state index >= 15 is 0 Å². The molecule has 0 spiro atoms. The molecule has 3 aromatic rings. The molecule has 10 heteroatoms. The number of carbonyl (C=O) groups excluding carboxylic acids is 2. The van der Waals surface area contributed by atoms with Gasteiger partial charge < -0.3 is 14.5 Å². The van der Waals surface area contributed by atoms with Crippen LogP contribution in [0, 0.1) is 21.4 Å². The van der Waals surface area contributed by atoms with Gasteiger partial charge in [-0.1, -0.05) is 11.6 Å². The lowest BCUT2D eigenvalue weighted by atomic mass is 10.1. The van der Waals surface area contributed by atoms with E-state index in [0.29, 0.717) is 22.6 Å². The van der Waals surface area contributed by atoms with Crippen LogP contribution in [0.15, 0.2) is 64.6 Å². The van der Waals surface area contributed by atoms with Gasteiger partial charge in [0.2, 0.25) is 0 Å². The number of hydrogen-bond donors (Lipinski definition) is 1. The number of esters is 1. The van der Waals surface area contributed by atoms with Crippen LogP contribution in [0.5, 0.6) is 0 Å². The van der Waals surface area contributed by atoms with Crippen molar-refractivity contribution in [3.8, 4) is 17.4 Å². The number of non-ortho nitro benzene ring substituents is 1. The Labute approximate surface area is 186 Å². The van der Waals surface area contributed by atoms with Crippen molar-refractivity contribution in [2.24, 2.45) is 0 Å². The van der Waals surface area contributed by atoms with Crippen molar-refractivity contribution < 1.29 is 23.7 Å². The highest BCUT2D eigenvalue weighted by atomic mass is 35.5. The molecule has 3 rings (SSSR count). The number of nitrogens with zero attached hydrogens (tertiary/aromatic N) is 2. The number of nitrogens with one attached hydrogen (secondary N) is 1. The molecular formula is C22H14ClN3O6. The van der Waals surface area contributed by atoms with Gasteiger partial charge in [-0.3, -0.25) is 14.9 Å². The van der Waals surface area contributed by atoms with Gasteiger partial charge in [0.15, 0.2) is 0 Å². The predicted molar refractivity (Wildman–Crippen MR) is 116 cm³/mol. The first kappa shape index (κ1) is 22.3. The number of benzene rings is 2. The molecule has 0 saturated heterocycles. The Morgan fingerprint density at radius 1 is 1.19 bits per heavy atom. The van der Waals surface area contributed by atoms with Gasteiger partial charge in [-0.15, -0.1) is 0 Å². The van der Waals surface area contributed by atoms with Gasteiger partial charge >= 0.3 is 5.97 Å². The second-order valence-electron chi connectivity index (χ2n) is 6.32. The van der Waals surface area contributed by atoms with Crippen molar-refractivity contribution in [3.05, 3.63) is 86.6 Å². The molecule has 1 aromatic heterocycles. The van der Waals surface area contributed by atoms with E-state index in [1.54, 1.807) is 12.1 Å². The smallest absolute Gasteiger partial charge is 0.337 e. The van der Waals surface area contributed by atoms with E-state index in [1.165, 1.54) is 61.7 Å². The Morgan fingerprint density at radius 2 is 1.91 bits per heavy atom. The minimum absolute atomic E-state index is 0.123. The maximum Gasteiger partial charge on any atom is 0.337 e. The standard InChI is InChI=1S/C22H14ClN3O6/c1-31-22(28)13-2-4-15(5-3-13)25-21(27)14(12-24)10-17-7-9-20(32-17)18-8-6-16(26(29)30)11-19(18)23/h2-11H,1H3,(H,25,27)/b14-10+. The zero-order valence-electron chi connectivity index (χ0n) is 16.5. The van der Waals surface area contributed by atoms with E-state index in [2.05, 4.69) is 10.1 Å². The highest BCUT2D eigenvalue weighted by Gasteiger charge is 2.15. The van der Waals surface area contributed by atoms with Crippen LogP contribution >= 0.6 is 11.6 Å². The maximum absolute atomic E-state index is 12.4. The molecule has 0 aliphatic heterocycles. The van der Waals surface area contributed by atoms with Gasteiger partial charge in [-0.2, -0.15) is 5.26 Å². The minimum Gasteiger partial charge on any atom is -0.465 e. The monoisotopic (exact) mass is 451 g/mol. The van der Waals surface area contributed by atoms with Crippen molar-refractivity contribution in [1.29, 1.82) is 5.26 Å². The molecule has 0 radical (unpaired) electrons. The quantitative estimate of drug-likeness (QED) is 0.186. The third-order valence-corrected chi connectivity index (χ3v) is 4.58. The lowest BCUT2D eigenvalue weighted by Gasteiger charge is -2.05. The fourth-order valence-corrected chi connectivity index (χ4v) is 2.96. The van der Waals surface area contributed by atoms with E-state index in [4.69, 9.17) is 16.0 Å². The number of furan rings is 1. The first-order valence-electron chi connectivity index (χ1n) is 8.98. The number of ether oxygens (including phenoxy) is 1. The summed E-state index contributed by atoms with van der Waals surface area (Å²) in [5.74, 6) is -0.665. The van der Waals surface area contributed by atoms with Crippen LogP contribution in [-0.2, 0) is 9.53 Å². The summed E-state index contributed by atoms with van der Waals surface area (Å²) in [6, 6.07) is 14.8. The third-order valence-electron chi connectivity index (χ3n) is 4.27. The predicted octanol–water partition coefficient (Wildman–Crippen LogP) is 4.84. The third kappa shape index (κ3) is 5.00. The fraction of sp³-hybridized carbons (Fsp3) is 0.0455. The molecule has 32 heavy (non-hydrogen) atoms. The summed E-state index contributed by atoms with van der Waals surface area (Å²) in [4.78, 5) is 34.2. The highest BCUT2D eigenvalue weighted by molar-refractivity contribution is 6.33. The highest BCUT2D eigenvalue weighted by Crippen LogP contribution is 2.32. The second-order valence-corrected chi connectivity index (χ2v) is 6.72. The number of nitriles is 1. The molecule has 0 atom stereocenters. The molecule has 9 nitrogen and oxygen atoms in total. The number of anilines is 1. The lowest BCUT2D eigenvalue weighted by Crippen LogP contribution is -2.13. The molecular weight excluding hydrogens is 438 g/mol. The van der Waals surface area contributed by atoms with Crippen LogP contribution in [0.1, 0.15) is 16.1 Å². The number of rotatable bonds is 6. The summed E-state index contributed by atoms with van der Waals surface area (Å²) in [5, 5.41) is 22.9. The Kier molecular flexibility index (Phi) is 6.68. The van der Waals surface area contributed by atoms with Gasteiger partial charge in [0.1, 0.15) is 23.2 Å². The molecule has 0 bridgehead atoms. The van der Waals surface area contributed by atoms with Gasteiger partial charge in [0.25, 0.3) is 11.6 Å². The summed E-state index contributed by atoms with van der Waals surface area (Å²) in [7, 11) is 1.26. The van der Waals surface area contributed by atoms with Crippen molar-refractivity contribution >= 4 is 40.9 Å². The Hall–Kier alpha value is -4.42. The first-order chi connectivity index (χ1) is 15.3. The van der Waals surface area contributed by atoms with E-state index in [0.717, 1.165) is 0 Å². The Bertz CT molecular complexity index is 1270. The fourth-order valence-electron chi connectivity index (χ4n) is 2.69. The average Bonchev–Trinajstić information content (AvgIpc) is 3.25. The van der Waals surface area contributed by atoms with Crippen molar-refractivity contribution in [1.82, 2.24) is 0 Å². The van der Waals surface area contributed by atoms with Crippen LogP contribution < -0.4 is 5.32 Å². The van der Waals surface area contributed by atoms with Gasteiger partial charge in [-0.25, -0.2) is 4.79 Å². The summed E-state index contributed by atoms with van der Waals surface area (Å²) >= 11 is 6.11. The zero-order valence-corrected chi connectivity index (χ0v) is 17.3. The van der Waals surface area contributed by atoms with E-state index in [1.807, 2.05) is 0 Å². The van der Waals surface area contributed by atoms with Crippen LogP contribution in [0.3, 0.4) is 0 Å². The molecule has 0 aliphatic rings. The van der Waals surface area contributed by atoms with Gasteiger partial charge in [-0.05, 0) is 42.5 Å². The number of amides is 1. The van der Waals surface area contributed by atoms with Crippen molar-refractivity contribution in [2.75, 3.05) is 12.4 Å². The van der Waals surface area contributed by atoms with Crippen LogP contribution in [0.25, 0.3) is 17.4 Å². The molecule has 160 valence electrons. The van der Waals surface area contributed by atoms with E-state index in [-0.39, 0.29) is 22.0 Å². The molecule has 0 fully saturated rings. The van der Waals surface area contributed by atoms with Crippen molar-refractivity contribution in [2.45, 2.75) is 0 Å². The molecule has 1 heterocycles. The van der Waals surface area contributed by atoms with Crippen LogP contribution in [-0.4, -0.2) is 23.9 Å².